The number of thiophene rings is 1. The third-order valence-corrected chi connectivity index (χ3v) is 3.61. The van der Waals surface area contributed by atoms with Crippen LogP contribution in [-0.4, -0.2) is 17.6 Å². The molecule has 100 valence electrons. The lowest BCUT2D eigenvalue weighted by Crippen LogP contribution is -2.06. The molecule has 0 unspecified atom stereocenters. The fourth-order valence-electron chi connectivity index (χ4n) is 1.59. The minimum Gasteiger partial charge on any atom is -0.462 e. The Hall–Kier alpha value is -1.88. The maximum absolute atomic E-state index is 11.5. The number of rotatable bonds is 5. The van der Waals surface area contributed by atoms with Crippen molar-refractivity contribution in [3.8, 4) is 0 Å². The van der Waals surface area contributed by atoms with Crippen LogP contribution in [0.25, 0.3) is 0 Å². The third kappa shape index (κ3) is 3.54. The number of esters is 1. The van der Waals surface area contributed by atoms with Gasteiger partial charge in [-0.15, -0.1) is 0 Å². The molecule has 0 saturated heterocycles. The van der Waals surface area contributed by atoms with E-state index in [-0.39, 0.29) is 5.97 Å². The van der Waals surface area contributed by atoms with Crippen molar-refractivity contribution in [2.75, 3.05) is 11.9 Å². The van der Waals surface area contributed by atoms with E-state index in [0.29, 0.717) is 12.2 Å². The Bertz CT molecular complexity index is 549. The van der Waals surface area contributed by atoms with E-state index in [4.69, 9.17) is 4.74 Å². The van der Waals surface area contributed by atoms with Crippen molar-refractivity contribution >= 4 is 23.1 Å². The van der Waals surface area contributed by atoms with E-state index in [1.54, 1.807) is 30.4 Å². The summed E-state index contributed by atoms with van der Waals surface area (Å²) in [7, 11) is 0. The lowest BCUT2D eigenvalue weighted by Gasteiger charge is -2.06. The van der Waals surface area contributed by atoms with E-state index in [2.05, 4.69) is 28.0 Å². The minimum atomic E-state index is -0.338. The number of nitrogens with zero attached hydrogens (tertiary/aromatic N) is 1. The Morgan fingerprint density at radius 3 is 2.84 bits per heavy atom. The summed E-state index contributed by atoms with van der Waals surface area (Å²) in [4.78, 5) is 15.7. The molecule has 2 aromatic heterocycles. The summed E-state index contributed by atoms with van der Waals surface area (Å²) >= 11 is 1.69. The lowest BCUT2D eigenvalue weighted by molar-refractivity contribution is 0.0526. The first-order valence-corrected chi connectivity index (χ1v) is 7.03. The highest BCUT2D eigenvalue weighted by molar-refractivity contribution is 7.08. The number of carbonyl (C=O) groups is 1. The van der Waals surface area contributed by atoms with Gasteiger partial charge < -0.3 is 10.1 Å². The van der Waals surface area contributed by atoms with Gasteiger partial charge in [0.25, 0.3) is 0 Å². The first-order valence-electron chi connectivity index (χ1n) is 6.09. The molecule has 2 rings (SSSR count). The molecule has 0 saturated carbocycles. The van der Waals surface area contributed by atoms with Crippen molar-refractivity contribution in [3.63, 3.8) is 0 Å². The molecule has 0 spiro atoms. The van der Waals surface area contributed by atoms with Crippen LogP contribution >= 0.6 is 11.3 Å². The van der Waals surface area contributed by atoms with Gasteiger partial charge in [-0.1, -0.05) is 0 Å². The predicted molar refractivity (Wildman–Crippen MR) is 76.6 cm³/mol. The summed E-state index contributed by atoms with van der Waals surface area (Å²) in [6.45, 7) is 4.98. The van der Waals surface area contributed by atoms with Gasteiger partial charge >= 0.3 is 5.97 Å². The molecule has 0 radical (unpaired) electrons. The zero-order valence-corrected chi connectivity index (χ0v) is 11.8. The normalized spacial score (nSPS) is 10.2. The third-order valence-electron chi connectivity index (χ3n) is 2.70. The van der Waals surface area contributed by atoms with Crippen LogP contribution in [0.4, 0.5) is 5.82 Å². The number of aromatic nitrogens is 1. The number of carbonyl (C=O) groups excluding carboxylic acids is 1. The van der Waals surface area contributed by atoms with E-state index < -0.39 is 0 Å². The monoisotopic (exact) mass is 276 g/mol. The molecule has 0 aromatic carbocycles. The molecule has 2 heterocycles. The number of pyridine rings is 1. The Morgan fingerprint density at radius 1 is 1.42 bits per heavy atom. The number of anilines is 1. The largest absolute Gasteiger partial charge is 0.462 e. The van der Waals surface area contributed by atoms with E-state index in [1.165, 1.54) is 17.3 Å². The highest BCUT2D eigenvalue weighted by Crippen LogP contribution is 2.15. The van der Waals surface area contributed by atoms with Gasteiger partial charge in [-0.25, -0.2) is 9.78 Å². The first kappa shape index (κ1) is 13.5. The standard InChI is InChI=1S/C14H16N2O2S/c1-3-18-14(17)11-4-5-13(15-6-11)16-7-12-9-19-8-10(12)2/h4-6,8-9H,3,7H2,1-2H3,(H,15,16). The second kappa shape index (κ2) is 6.33. The summed E-state index contributed by atoms with van der Waals surface area (Å²) in [5.74, 6) is 0.411. The molecule has 2 aromatic rings. The van der Waals surface area contributed by atoms with Gasteiger partial charge in [0.05, 0.1) is 12.2 Å². The zero-order valence-electron chi connectivity index (χ0n) is 11.0. The molecule has 19 heavy (non-hydrogen) atoms. The summed E-state index contributed by atoms with van der Waals surface area (Å²) in [6.07, 6.45) is 1.53. The van der Waals surface area contributed by atoms with Crippen LogP contribution < -0.4 is 5.32 Å². The predicted octanol–water partition coefficient (Wildman–Crippen LogP) is 3.24. The van der Waals surface area contributed by atoms with Crippen LogP contribution in [0.5, 0.6) is 0 Å². The van der Waals surface area contributed by atoms with Gasteiger partial charge in [0, 0.05) is 12.7 Å². The quantitative estimate of drug-likeness (QED) is 0.852. The molecule has 1 N–H and O–H groups in total. The van der Waals surface area contributed by atoms with Crippen molar-refractivity contribution in [1.29, 1.82) is 0 Å². The first-order chi connectivity index (χ1) is 9.20. The molecule has 0 amide bonds. The summed E-state index contributed by atoms with van der Waals surface area (Å²) < 4.78 is 4.90. The topological polar surface area (TPSA) is 51.2 Å². The highest BCUT2D eigenvalue weighted by Gasteiger charge is 2.06. The summed E-state index contributed by atoms with van der Waals surface area (Å²) in [5.41, 5.74) is 3.01. The van der Waals surface area contributed by atoms with Crippen LogP contribution in [0, 0.1) is 6.92 Å². The van der Waals surface area contributed by atoms with E-state index in [9.17, 15) is 4.79 Å². The number of nitrogens with one attached hydrogen (secondary N) is 1. The Labute approximate surface area is 116 Å². The zero-order chi connectivity index (χ0) is 13.7. The number of aryl methyl sites for hydroxylation is 1. The maximum Gasteiger partial charge on any atom is 0.339 e. The lowest BCUT2D eigenvalue weighted by atomic mass is 10.2. The molecule has 4 nitrogen and oxygen atoms in total. The maximum atomic E-state index is 11.5. The average molecular weight is 276 g/mol. The van der Waals surface area contributed by atoms with E-state index in [1.807, 2.05) is 0 Å². The van der Waals surface area contributed by atoms with E-state index >= 15 is 0 Å². The second-order valence-electron chi connectivity index (χ2n) is 4.09. The molecular weight excluding hydrogens is 260 g/mol. The second-order valence-corrected chi connectivity index (χ2v) is 4.83. The fraction of sp³-hybridized carbons (Fsp3) is 0.286. The van der Waals surface area contributed by atoms with Gasteiger partial charge in [-0.2, -0.15) is 11.3 Å². The molecule has 0 aliphatic rings. The molecule has 0 atom stereocenters. The SMILES string of the molecule is CCOC(=O)c1ccc(NCc2cscc2C)nc1. The van der Waals surface area contributed by atoms with Crippen LogP contribution in [-0.2, 0) is 11.3 Å². The molecule has 0 bridgehead atoms. The van der Waals surface area contributed by atoms with Gasteiger partial charge in [0.15, 0.2) is 0 Å². The molecule has 5 heteroatoms. The van der Waals surface area contributed by atoms with Crippen molar-refractivity contribution in [1.82, 2.24) is 4.98 Å². The molecule has 0 aliphatic carbocycles. The van der Waals surface area contributed by atoms with Crippen LogP contribution in [0.3, 0.4) is 0 Å². The van der Waals surface area contributed by atoms with Crippen molar-refractivity contribution in [2.45, 2.75) is 20.4 Å². The van der Waals surface area contributed by atoms with Crippen molar-refractivity contribution in [3.05, 3.63) is 45.8 Å². The summed E-state index contributed by atoms with van der Waals surface area (Å²) in [5, 5.41) is 7.47. The number of ether oxygens (including phenoxy) is 1. The molecule has 0 fully saturated rings. The van der Waals surface area contributed by atoms with Gasteiger partial charge in [0.2, 0.25) is 0 Å². The molecular formula is C14H16N2O2S. The highest BCUT2D eigenvalue weighted by atomic mass is 32.1. The molecule has 0 aliphatic heterocycles. The fourth-order valence-corrected chi connectivity index (χ4v) is 2.44. The van der Waals surface area contributed by atoms with Crippen molar-refractivity contribution < 1.29 is 9.53 Å². The van der Waals surface area contributed by atoms with Gasteiger partial charge in [-0.3, -0.25) is 0 Å². The Kier molecular flexibility index (Phi) is 4.52. The smallest absolute Gasteiger partial charge is 0.339 e. The number of hydrogen-bond acceptors (Lipinski definition) is 5. The van der Waals surface area contributed by atoms with E-state index in [0.717, 1.165) is 12.4 Å². The van der Waals surface area contributed by atoms with Crippen molar-refractivity contribution in [2.24, 2.45) is 0 Å². The average Bonchev–Trinajstić information content (AvgIpc) is 2.83. The van der Waals surface area contributed by atoms with Crippen LogP contribution in [0.15, 0.2) is 29.1 Å². The van der Waals surface area contributed by atoms with Gasteiger partial charge in [-0.05, 0) is 47.9 Å². The van der Waals surface area contributed by atoms with Gasteiger partial charge in [0.1, 0.15) is 5.82 Å². The minimum absolute atomic E-state index is 0.338. The Balaban J connectivity index is 1.95. The van der Waals surface area contributed by atoms with Crippen LogP contribution in [0.1, 0.15) is 28.4 Å². The Morgan fingerprint density at radius 2 is 2.26 bits per heavy atom. The summed E-state index contributed by atoms with van der Waals surface area (Å²) in [6, 6.07) is 3.50. The van der Waals surface area contributed by atoms with Crippen LogP contribution in [0.2, 0.25) is 0 Å². The number of hydrogen-bond donors (Lipinski definition) is 1.